The van der Waals surface area contributed by atoms with Gasteiger partial charge in [-0.05, 0) is 36.5 Å². The van der Waals surface area contributed by atoms with Crippen LogP contribution in [0.3, 0.4) is 0 Å². The maximum atomic E-state index is 13.0. The first kappa shape index (κ1) is 12.2. The van der Waals surface area contributed by atoms with Crippen LogP contribution in [0.15, 0.2) is 18.2 Å². The number of halogens is 1. The van der Waals surface area contributed by atoms with Crippen LogP contribution in [0.2, 0.25) is 0 Å². The molecule has 0 radical (unpaired) electrons. The molecular weight excluding hydrogens is 189 g/mol. The first-order valence-electron chi connectivity index (χ1n) is 5.56. The second-order valence-electron chi connectivity index (χ2n) is 4.36. The van der Waals surface area contributed by atoms with Crippen LogP contribution >= 0.6 is 0 Å². The van der Waals surface area contributed by atoms with Crippen LogP contribution in [-0.2, 0) is 0 Å². The molecule has 84 valence electrons. The highest BCUT2D eigenvalue weighted by Gasteiger charge is 2.10. The lowest BCUT2D eigenvalue weighted by molar-refractivity contribution is 0.460. The average Bonchev–Trinajstić information content (AvgIpc) is 2.21. The van der Waals surface area contributed by atoms with Crippen molar-refractivity contribution in [3.05, 3.63) is 35.1 Å². The van der Waals surface area contributed by atoms with Crippen molar-refractivity contribution in [2.45, 2.75) is 39.7 Å². The number of hydrogen-bond acceptors (Lipinski definition) is 1. The van der Waals surface area contributed by atoms with Gasteiger partial charge in [0.05, 0.1) is 0 Å². The van der Waals surface area contributed by atoms with E-state index in [9.17, 15) is 4.39 Å². The normalized spacial score (nSPS) is 15.0. The first-order valence-corrected chi connectivity index (χ1v) is 5.56. The Morgan fingerprint density at radius 1 is 1.40 bits per heavy atom. The van der Waals surface area contributed by atoms with Gasteiger partial charge < -0.3 is 5.73 Å². The summed E-state index contributed by atoms with van der Waals surface area (Å²) in [6, 6.07) is 5.16. The van der Waals surface area contributed by atoms with E-state index < -0.39 is 0 Å². The summed E-state index contributed by atoms with van der Waals surface area (Å²) in [5.41, 5.74) is 7.78. The topological polar surface area (TPSA) is 26.0 Å². The van der Waals surface area contributed by atoms with Gasteiger partial charge in [0.25, 0.3) is 0 Å². The van der Waals surface area contributed by atoms with Crippen LogP contribution in [0.25, 0.3) is 0 Å². The van der Waals surface area contributed by atoms with Gasteiger partial charge in [0.15, 0.2) is 0 Å². The van der Waals surface area contributed by atoms with Gasteiger partial charge in [-0.3, -0.25) is 0 Å². The van der Waals surface area contributed by atoms with Crippen molar-refractivity contribution in [2.24, 2.45) is 11.7 Å². The molecule has 0 aliphatic rings. The minimum Gasteiger partial charge on any atom is -0.324 e. The van der Waals surface area contributed by atoms with Crippen molar-refractivity contribution in [3.8, 4) is 0 Å². The molecule has 0 spiro atoms. The van der Waals surface area contributed by atoms with Gasteiger partial charge in [-0.15, -0.1) is 0 Å². The molecule has 0 saturated heterocycles. The summed E-state index contributed by atoms with van der Waals surface area (Å²) in [5, 5.41) is 0. The van der Waals surface area contributed by atoms with Crippen molar-refractivity contribution < 1.29 is 4.39 Å². The molecule has 1 aromatic carbocycles. The lowest BCUT2D eigenvalue weighted by Crippen LogP contribution is -2.14. The van der Waals surface area contributed by atoms with Crippen molar-refractivity contribution in [1.29, 1.82) is 0 Å². The van der Waals surface area contributed by atoms with Crippen molar-refractivity contribution in [2.75, 3.05) is 0 Å². The largest absolute Gasteiger partial charge is 0.324 e. The molecule has 0 heterocycles. The molecule has 0 aliphatic carbocycles. The van der Waals surface area contributed by atoms with Gasteiger partial charge in [0, 0.05) is 6.04 Å². The summed E-state index contributed by atoms with van der Waals surface area (Å²) in [6.07, 6.45) is 2.09. The van der Waals surface area contributed by atoms with E-state index in [1.807, 2.05) is 6.07 Å². The second kappa shape index (κ2) is 5.26. The summed E-state index contributed by atoms with van der Waals surface area (Å²) in [5.74, 6) is 0.458. The van der Waals surface area contributed by atoms with Crippen LogP contribution in [0.4, 0.5) is 4.39 Å². The van der Waals surface area contributed by atoms with Gasteiger partial charge in [-0.2, -0.15) is 0 Å². The van der Waals surface area contributed by atoms with Crippen LogP contribution in [0.5, 0.6) is 0 Å². The Morgan fingerprint density at radius 3 is 2.60 bits per heavy atom. The fraction of sp³-hybridized carbons (Fsp3) is 0.538. The number of rotatable bonds is 4. The number of aryl methyl sites for hydroxylation is 1. The van der Waals surface area contributed by atoms with E-state index in [0.29, 0.717) is 11.5 Å². The average molecular weight is 209 g/mol. The minimum absolute atomic E-state index is 0.0271. The lowest BCUT2D eigenvalue weighted by Gasteiger charge is -2.16. The van der Waals surface area contributed by atoms with Crippen molar-refractivity contribution in [3.63, 3.8) is 0 Å². The molecule has 0 fully saturated rings. The molecule has 2 atom stereocenters. The molecule has 0 amide bonds. The van der Waals surface area contributed by atoms with Crippen LogP contribution < -0.4 is 5.73 Å². The second-order valence-corrected chi connectivity index (χ2v) is 4.36. The van der Waals surface area contributed by atoms with Crippen LogP contribution in [0, 0.1) is 18.7 Å². The Bertz CT molecular complexity index is 322. The predicted octanol–water partition coefficient (Wildman–Crippen LogP) is 3.57. The Hall–Kier alpha value is -0.890. The number of nitrogens with two attached hydrogens (primary N) is 1. The maximum absolute atomic E-state index is 13.0. The molecule has 0 aliphatic heterocycles. The summed E-state index contributed by atoms with van der Waals surface area (Å²) in [4.78, 5) is 0. The highest BCUT2D eigenvalue weighted by Crippen LogP contribution is 2.22. The number of hydrogen-bond donors (Lipinski definition) is 1. The maximum Gasteiger partial charge on any atom is 0.126 e. The molecule has 2 N–H and O–H groups in total. The monoisotopic (exact) mass is 209 g/mol. The third-order valence-electron chi connectivity index (χ3n) is 2.96. The zero-order valence-corrected chi connectivity index (χ0v) is 9.76. The molecule has 1 nitrogen and oxygen atoms in total. The van der Waals surface area contributed by atoms with Gasteiger partial charge >= 0.3 is 0 Å². The summed E-state index contributed by atoms with van der Waals surface area (Å²) >= 11 is 0. The summed E-state index contributed by atoms with van der Waals surface area (Å²) < 4.78 is 13.0. The molecular formula is C13H20FN. The SMILES string of the molecule is CCC(C)CC(N)c1ccc(F)c(C)c1. The van der Waals surface area contributed by atoms with E-state index in [-0.39, 0.29) is 11.9 Å². The predicted molar refractivity (Wildman–Crippen MR) is 62.1 cm³/mol. The minimum atomic E-state index is -0.158. The molecule has 0 bridgehead atoms. The highest BCUT2D eigenvalue weighted by atomic mass is 19.1. The molecule has 1 aromatic rings. The Kier molecular flexibility index (Phi) is 4.28. The van der Waals surface area contributed by atoms with E-state index in [0.717, 1.165) is 18.4 Å². The Labute approximate surface area is 91.5 Å². The zero-order valence-electron chi connectivity index (χ0n) is 9.76. The zero-order chi connectivity index (χ0) is 11.4. The third-order valence-corrected chi connectivity index (χ3v) is 2.96. The molecule has 1 rings (SSSR count). The van der Waals surface area contributed by atoms with E-state index in [1.54, 1.807) is 13.0 Å². The quantitative estimate of drug-likeness (QED) is 0.806. The van der Waals surface area contributed by atoms with Gasteiger partial charge in [0.1, 0.15) is 5.82 Å². The fourth-order valence-electron chi connectivity index (χ4n) is 1.63. The van der Waals surface area contributed by atoms with E-state index in [2.05, 4.69) is 13.8 Å². The number of benzene rings is 1. The summed E-state index contributed by atoms with van der Waals surface area (Å²) in [7, 11) is 0. The molecule has 0 aromatic heterocycles. The fourth-order valence-corrected chi connectivity index (χ4v) is 1.63. The Balaban J connectivity index is 2.73. The molecule has 2 heteroatoms. The van der Waals surface area contributed by atoms with Crippen LogP contribution in [0.1, 0.15) is 43.9 Å². The molecule has 15 heavy (non-hydrogen) atoms. The molecule has 2 unspecified atom stereocenters. The Morgan fingerprint density at radius 2 is 2.07 bits per heavy atom. The van der Waals surface area contributed by atoms with Crippen LogP contribution in [-0.4, -0.2) is 0 Å². The van der Waals surface area contributed by atoms with Gasteiger partial charge in [0.2, 0.25) is 0 Å². The third kappa shape index (κ3) is 3.31. The lowest BCUT2D eigenvalue weighted by atomic mass is 9.94. The highest BCUT2D eigenvalue weighted by molar-refractivity contribution is 5.26. The van der Waals surface area contributed by atoms with Gasteiger partial charge in [-0.1, -0.05) is 32.4 Å². The van der Waals surface area contributed by atoms with Gasteiger partial charge in [-0.25, -0.2) is 4.39 Å². The standard InChI is InChI=1S/C13H20FN/c1-4-9(2)7-13(15)11-5-6-12(14)10(3)8-11/h5-6,8-9,13H,4,7,15H2,1-3H3. The van der Waals surface area contributed by atoms with E-state index >= 15 is 0 Å². The van der Waals surface area contributed by atoms with Crippen molar-refractivity contribution >= 4 is 0 Å². The summed E-state index contributed by atoms with van der Waals surface area (Å²) in [6.45, 7) is 6.12. The first-order chi connectivity index (χ1) is 7.04. The van der Waals surface area contributed by atoms with E-state index in [1.165, 1.54) is 6.07 Å². The van der Waals surface area contributed by atoms with E-state index in [4.69, 9.17) is 5.73 Å². The smallest absolute Gasteiger partial charge is 0.126 e. The molecule has 0 saturated carbocycles. The van der Waals surface area contributed by atoms with Crippen molar-refractivity contribution in [1.82, 2.24) is 0 Å².